The second-order valence-corrected chi connectivity index (χ2v) is 7.10. The van der Waals surface area contributed by atoms with Gasteiger partial charge < -0.3 is 13.8 Å². The molecule has 0 unspecified atom stereocenters. The molecular weight excluding hydrogens is 428 g/mol. The molecule has 0 aliphatic heterocycles. The van der Waals surface area contributed by atoms with E-state index < -0.39 is 11.8 Å². The molecular formula is C19H19BrN4O4. The number of rotatable bonds is 5. The van der Waals surface area contributed by atoms with Crippen LogP contribution in [-0.2, 0) is 13.7 Å². The first-order chi connectivity index (χ1) is 13.3. The molecule has 0 saturated heterocycles. The van der Waals surface area contributed by atoms with Crippen LogP contribution in [0.5, 0.6) is 5.75 Å². The highest BCUT2D eigenvalue weighted by molar-refractivity contribution is 9.10. The van der Waals surface area contributed by atoms with E-state index in [0.717, 1.165) is 15.7 Å². The zero-order chi connectivity index (χ0) is 20.3. The summed E-state index contributed by atoms with van der Waals surface area (Å²) in [6.45, 7) is 3.94. The van der Waals surface area contributed by atoms with E-state index in [4.69, 9.17) is 9.26 Å². The Hall–Kier alpha value is -3.07. The van der Waals surface area contributed by atoms with E-state index in [1.165, 1.54) is 0 Å². The first kappa shape index (κ1) is 19.7. The van der Waals surface area contributed by atoms with Crippen molar-refractivity contribution in [2.24, 2.45) is 7.05 Å². The molecule has 0 aliphatic carbocycles. The lowest BCUT2D eigenvalue weighted by molar-refractivity contribution is 0.0842. The number of ether oxygens (including phenoxy) is 1. The second kappa shape index (κ2) is 8.30. The molecule has 0 fully saturated rings. The van der Waals surface area contributed by atoms with Gasteiger partial charge in [0, 0.05) is 23.3 Å². The molecule has 3 aromatic rings. The lowest BCUT2D eigenvalue weighted by Crippen LogP contribution is -2.42. The third kappa shape index (κ3) is 4.42. The van der Waals surface area contributed by atoms with Crippen LogP contribution in [0.15, 0.2) is 45.5 Å². The van der Waals surface area contributed by atoms with Crippen LogP contribution < -0.4 is 15.6 Å². The smallest absolute Gasteiger partial charge is 0.286 e. The number of hydrogen-bond acceptors (Lipinski definition) is 5. The molecule has 9 heteroatoms. The number of carbonyl (C=O) groups is 2. The highest BCUT2D eigenvalue weighted by Gasteiger charge is 2.14. The maximum atomic E-state index is 12.3. The summed E-state index contributed by atoms with van der Waals surface area (Å²) in [6.07, 6.45) is 1.75. The van der Waals surface area contributed by atoms with Gasteiger partial charge in [-0.3, -0.25) is 20.4 Å². The Morgan fingerprint density at radius 2 is 1.96 bits per heavy atom. The van der Waals surface area contributed by atoms with E-state index in [0.29, 0.717) is 22.8 Å². The minimum Gasteiger partial charge on any atom is -0.489 e. The van der Waals surface area contributed by atoms with Gasteiger partial charge in [0.2, 0.25) is 0 Å². The van der Waals surface area contributed by atoms with E-state index in [9.17, 15) is 9.59 Å². The molecule has 2 N–H and O–H groups in total. The summed E-state index contributed by atoms with van der Waals surface area (Å²) in [5, 5.41) is 3.88. The predicted octanol–water partition coefficient (Wildman–Crippen LogP) is 3.05. The summed E-state index contributed by atoms with van der Waals surface area (Å²) >= 11 is 3.30. The number of aromatic nitrogens is 2. The van der Waals surface area contributed by atoms with Crippen molar-refractivity contribution < 1.29 is 18.8 Å². The van der Waals surface area contributed by atoms with Gasteiger partial charge in [-0.1, -0.05) is 11.2 Å². The minimum atomic E-state index is -0.454. The molecule has 3 rings (SSSR count). The van der Waals surface area contributed by atoms with Crippen molar-refractivity contribution in [2.75, 3.05) is 0 Å². The van der Waals surface area contributed by atoms with E-state index >= 15 is 0 Å². The van der Waals surface area contributed by atoms with Crippen LogP contribution in [0.4, 0.5) is 0 Å². The van der Waals surface area contributed by atoms with Gasteiger partial charge in [-0.05, 0) is 54.0 Å². The van der Waals surface area contributed by atoms with Gasteiger partial charge in [-0.15, -0.1) is 0 Å². The van der Waals surface area contributed by atoms with Gasteiger partial charge >= 0.3 is 0 Å². The van der Waals surface area contributed by atoms with Crippen LogP contribution in [0.1, 0.15) is 37.9 Å². The summed E-state index contributed by atoms with van der Waals surface area (Å²) in [5.41, 5.74) is 7.19. The number of hydrazine groups is 1. The molecule has 0 saturated carbocycles. The standard InChI is InChI=1S/C19H19BrN4O4/c1-11-16(12(2)28-23-11)10-27-15-6-4-5-13(7-15)18(25)21-22-19(26)17-8-14(20)9-24(17)3/h4-9H,10H2,1-3H3,(H,21,25)(H,22,26). The van der Waals surface area contributed by atoms with Crippen LogP contribution in [0.2, 0.25) is 0 Å². The monoisotopic (exact) mass is 446 g/mol. The highest BCUT2D eigenvalue weighted by atomic mass is 79.9. The zero-order valence-corrected chi connectivity index (χ0v) is 17.2. The molecule has 0 atom stereocenters. The van der Waals surface area contributed by atoms with Crippen LogP contribution in [0.25, 0.3) is 0 Å². The summed E-state index contributed by atoms with van der Waals surface area (Å²) in [5.74, 6) is 0.337. The lowest BCUT2D eigenvalue weighted by atomic mass is 10.2. The number of hydrogen-bond donors (Lipinski definition) is 2. The summed E-state index contributed by atoms with van der Waals surface area (Å²) in [7, 11) is 1.74. The molecule has 146 valence electrons. The summed E-state index contributed by atoms with van der Waals surface area (Å²) in [4.78, 5) is 24.5. The van der Waals surface area contributed by atoms with Gasteiger partial charge in [0.25, 0.3) is 11.8 Å². The normalized spacial score (nSPS) is 10.6. The van der Waals surface area contributed by atoms with Crippen LogP contribution in [-0.4, -0.2) is 21.5 Å². The van der Waals surface area contributed by atoms with Crippen LogP contribution >= 0.6 is 15.9 Å². The number of nitrogens with one attached hydrogen (secondary N) is 2. The highest BCUT2D eigenvalue weighted by Crippen LogP contribution is 2.18. The second-order valence-electron chi connectivity index (χ2n) is 6.18. The molecule has 0 bridgehead atoms. The topological polar surface area (TPSA) is 98.4 Å². The van der Waals surface area contributed by atoms with Crippen LogP contribution in [0, 0.1) is 13.8 Å². The number of aryl methyl sites for hydroxylation is 3. The van der Waals surface area contributed by atoms with Gasteiger partial charge in [-0.25, -0.2) is 0 Å². The summed E-state index contributed by atoms with van der Waals surface area (Å²) < 4.78 is 13.3. The molecule has 28 heavy (non-hydrogen) atoms. The van der Waals surface area contributed by atoms with Crippen LogP contribution in [0.3, 0.4) is 0 Å². The molecule has 0 spiro atoms. The van der Waals surface area contributed by atoms with E-state index in [2.05, 4.69) is 31.9 Å². The average Bonchev–Trinajstić information content (AvgIpc) is 3.18. The molecule has 8 nitrogen and oxygen atoms in total. The number of halogens is 1. The maximum Gasteiger partial charge on any atom is 0.286 e. The van der Waals surface area contributed by atoms with Gasteiger partial charge in [0.05, 0.1) is 11.3 Å². The van der Waals surface area contributed by atoms with Crippen molar-refractivity contribution in [3.63, 3.8) is 0 Å². The predicted molar refractivity (Wildman–Crippen MR) is 105 cm³/mol. The van der Waals surface area contributed by atoms with E-state index in [1.807, 2.05) is 13.8 Å². The maximum absolute atomic E-state index is 12.3. The van der Waals surface area contributed by atoms with Gasteiger partial charge in [-0.2, -0.15) is 0 Å². The molecule has 2 aromatic heterocycles. The fourth-order valence-corrected chi connectivity index (χ4v) is 3.11. The Labute approximate surface area is 169 Å². The number of nitrogens with zero attached hydrogens (tertiary/aromatic N) is 2. The Bertz CT molecular complexity index is 1010. The van der Waals surface area contributed by atoms with E-state index in [-0.39, 0.29) is 6.61 Å². The molecule has 0 radical (unpaired) electrons. The molecule has 0 aliphatic rings. The van der Waals surface area contributed by atoms with Crippen molar-refractivity contribution in [2.45, 2.75) is 20.5 Å². The fourth-order valence-electron chi connectivity index (χ4n) is 2.59. The van der Waals surface area contributed by atoms with Gasteiger partial charge in [0.15, 0.2) is 0 Å². The third-order valence-electron chi connectivity index (χ3n) is 4.15. The lowest BCUT2D eigenvalue weighted by Gasteiger charge is -2.10. The number of carbonyl (C=O) groups excluding carboxylic acids is 2. The van der Waals surface area contributed by atoms with Crippen molar-refractivity contribution in [3.8, 4) is 5.75 Å². The first-order valence-electron chi connectivity index (χ1n) is 8.42. The molecule has 1 aromatic carbocycles. The zero-order valence-electron chi connectivity index (χ0n) is 15.6. The van der Waals surface area contributed by atoms with Crippen molar-refractivity contribution >= 4 is 27.7 Å². The Kier molecular flexibility index (Phi) is 5.84. The first-order valence-corrected chi connectivity index (χ1v) is 9.21. The quantitative estimate of drug-likeness (QED) is 0.586. The molecule has 2 amide bonds. The van der Waals surface area contributed by atoms with Crippen molar-refractivity contribution in [1.29, 1.82) is 0 Å². The molecule has 2 heterocycles. The average molecular weight is 447 g/mol. The van der Waals surface area contributed by atoms with Crippen molar-refractivity contribution in [3.05, 3.63) is 69.3 Å². The minimum absolute atomic E-state index is 0.283. The van der Waals surface area contributed by atoms with Gasteiger partial charge in [0.1, 0.15) is 23.8 Å². The number of amides is 2. The Balaban J connectivity index is 1.60. The summed E-state index contributed by atoms with van der Waals surface area (Å²) in [6, 6.07) is 8.33. The third-order valence-corrected chi connectivity index (χ3v) is 4.59. The fraction of sp³-hybridized carbons (Fsp3) is 0.211. The largest absolute Gasteiger partial charge is 0.489 e. The number of benzene rings is 1. The SMILES string of the molecule is Cc1noc(C)c1COc1cccc(C(=O)NNC(=O)c2cc(Br)cn2C)c1. The Morgan fingerprint density at radius 3 is 2.61 bits per heavy atom. The van der Waals surface area contributed by atoms with Crippen molar-refractivity contribution in [1.82, 2.24) is 20.6 Å². The Morgan fingerprint density at radius 1 is 1.21 bits per heavy atom. The van der Waals surface area contributed by atoms with E-state index in [1.54, 1.807) is 48.1 Å².